The van der Waals surface area contributed by atoms with Crippen LogP contribution in [0.15, 0.2) is 43.1 Å². The number of nitrogens with zero attached hydrogens (tertiary/aromatic N) is 6. The highest BCUT2D eigenvalue weighted by Gasteiger charge is 2.40. The van der Waals surface area contributed by atoms with Crippen LogP contribution in [-0.4, -0.2) is 48.9 Å². The van der Waals surface area contributed by atoms with Crippen molar-refractivity contribution in [2.24, 2.45) is 11.7 Å². The van der Waals surface area contributed by atoms with E-state index in [9.17, 15) is 13.6 Å². The molecule has 5 rings (SSSR count). The zero-order chi connectivity index (χ0) is 27.0. The number of hydrogen-bond acceptors (Lipinski definition) is 8. The van der Waals surface area contributed by atoms with Crippen LogP contribution in [0.4, 0.5) is 20.3 Å². The summed E-state index contributed by atoms with van der Waals surface area (Å²) in [6, 6.07) is 5.53. The van der Waals surface area contributed by atoms with E-state index in [0.29, 0.717) is 48.5 Å². The molecule has 1 aliphatic rings. The fourth-order valence-electron chi connectivity index (χ4n) is 5.08. The van der Waals surface area contributed by atoms with Crippen molar-refractivity contribution in [3.8, 4) is 11.3 Å². The van der Waals surface area contributed by atoms with Crippen molar-refractivity contribution >= 4 is 28.5 Å². The predicted octanol–water partition coefficient (Wildman–Crippen LogP) is 3.71. The standard InChI is InChI=1S/C27H30F2N8O/c1-3-16(2)24(38)27(31)7-4-8-36(13-27)22-11-32-21(17-5-6-19(28)20(29)9-17)10-18(22)12-37-15-35-23-25(30)33-14-34-26(23)37/h5-6,9-11,14-16H,3-4,7-8,12-13,31H2,1-2H3,(H2,30,33,34)/t16-,27+/m0/s1. The number of piperidine rings is 1. The zero-order valence-corrected chi connectivity index (χ0v) is 21.4. The number of pyridine rings is 1. The Bertz CT molecular complexity index is 1510. The van der Waals surface area contributed by atoms with Crippen LogP contribution in [0.3, 0.4) is 0 Å². The quantitative estimate of drug-likeness (QED) is 0.377. The molecule has 0 aliphatic carbocycles. The third kappa shape index (κ3) is 4.69. The third-order valence-corrected chi connectivity index (χ3v) is 7.37. The van der Waals surface area contributed by atoms with Crippen molar-refractivity contribution in [3.63, 3.8) is 0 Å². The van der Waals surface area contributed by atoms with Gasteiger partial charge in [0, 0.05) is 24.6 Å². The van der Waals surface area contributed by atoms with Gasteiger partial charge in [0.15, 0.2) is 28.9 Å². The molecule has 0 unspecified atom stereocenters. The molecule has 2 atom stereocenters. The Morgan fingerprint density at radius 3 is 2.74 bits per heavy atom. The Balaban J connectivity index is 1.57. The molecule has 198 valence electrons. The lowest BCUT2D eigenvalue weighted by atomic mass is 9.80. The third-order valence-electron chi connectivity index (χ3n) is 7.37. The number of Topliss-reactive ketones (excluding diaryl/α,β-unsaturated/α-hetero) is 1. The van der Waals surface area contributed by atoms with Crippen molar-refractivity contribution in [2.75, 3.05) is 23.7 Å². The summed E-state index contributed by atoms with van der Waals surface area (Å²) in [7, 11) is 0. The Morgan fingerprint density at radius 2 is 1.97 bits per heavy atom. The molecule has 4 N–H and O–H groups in total. The number of nitrogen functional groups attached to an aromatic ring is 1. The number of aromatic nitrogens is 5. The van der Waals surface area contributed by atoms with Crippen LogP contribution in [-0.2, 0) is 11.3 Å². The summed E-state index contributed by atoms with van der Waals surface area (Å²) in [6.45, 7) is 5.30. The smallest absolute Gasteiger partial charge is 0.165 e. The van der Waals surface area contributed by atoms with E-state index < -0.39 is 17.2 Å². The maximum atomic E-state index is 14.0. The summed E-state index contributed by atoms with van der Waals surface area (Å²) in [5, 5.41) is 0. The second kappa shape index (κ2) is 10.1. The number of carbonyl (C=O) groups is 1. The minimum absolute atomic E-state index is 0.0606. The van der Waals surface area contributed by atoms with Gasteiger partial charge in [-0.1, -0.05) is 13.8 Å². The summed E-state index contributed by atoms with van der Waals surface area (Å²) >= 11 is 0. The van der Waals surface area contributed by atoms with Crippen molar-refractivity contribution in [3.05, 3.63) is 60.3 Å². The first-order valence-corrected chi connectivity index (χ1v) is 12.6. The topological polar surface area (TPSA) is 129 Å². The molecule has 1 aliphatic heterocycles. The number of anilines is 2. The second-order valence-corrected chi connectivity index (χ2v) is 9.99. The largest absolute Gasteiger partial charge is 0.382 e. The fourth-order valence-corrected chi connectivity index (χ4v) is 5.08. The van der Waals surface area contributed by atoms with Crippen LogP contribution in [0.1, 0.15) is 38.7 Å². The van der Waals surface area contributed by atoms with E-state index in [0.717, 1.165) is 36.2 Å². The van der Waals surface area contributed by atoms with Crippen molar-refractivity contribution in [1.82, 2.24) is 24.5 Å². The lowest BCUT2D eigenvalue weighted by Gasteiger charge is -2.42. The first-order chi connectivity index (χ1) is 18.2. The number of nitrogens with two attached hydrogens (primary N) is 2. The van der Waals surface area contributed by atoms with Gasteiger partial charge < -0.3 is 20.9 Å². The molecule has 0 amide bonds. The van der Waals surface area contributed by atoms with E-state index in [1.165, 1.54) is 12.4 Å². The number of rotatable bonds is 7. The number of carbonyl (C=O) groups excluding carboxylic acids is 1. The Morgan fingerprint density at radius 1 is 1.16 bits per heavy atom. The molecular formula is C27H30F2N8O. The predicted molar refractivity (Wildman–Crippen MR) is 141 cm³/mol. The molecule has 1 aromatic carbocycles. The van der Waals surface area contributed by atoms with E-state index in [2.05, 4.69) is 24.8 Å². The first-order valence-electron chi connectivity index (χ1n) is 12.6. The number of imidazole rings is 1. The van der Waals surface area contributed by atoms with Crippen LogP contribution in [0, 0.1) is 17.6 Å². The van der Waals surface area contributed by atoms with Gasteiger partial charge in [0.1, 0.15) is 11.8 Å². The minimum atomic E-state index is -0.965. The Labute approximate surface area is 218 Å². The number of hydrogen-bond donors (Lipinski definition) is 2. The first kappa shape index (κ1) is 25.7. The summed E-state index contributed by atoms with van der Waals surface area (Å²) in [5.41, 5.74) is 15.3. The molecule has 3 aromatic heterocycles. The van der Waals surface area contributed by atoms with Crippen LogP contribution in [0.25, 0.3) is 22.4 Å². The van der Waals surface area contributed by atoms with Gasteiger partial charge in [0.2, 0.25) is 0 Å². The van der Waals surface area contributed by atoms with Gasteiger partial charge in [-0.15, -0.1) is 0 Å². The summed E-state index contributed by atoms with van der Waals surface area (Å²) in [6.07, 6.45) is 6.81. The SMILES string of the molecule is CC[C@H](C)C(=O)[C@@]1(N)CCCN(c2cnc(-c3ccc(F)c(F)c3)cc2Cn2cnc3c(N)ncnc32)C1. The summed E-state index contributed by atoms with van der Waals surface area (Å²) < 4.78 is 29.4. The lowest BCUT2D eigenvalue weighted by Crippen LogP contribution is -2.61. The highest BCUT2D eigenvalue weighted by molar-refractivity contribution is 5.91. The molecule has 9 nitrogen and oxygen atoms in total. The van der Waals surface area contributed by atoms with Gasteiger partial charge in [-0.3, -0.25) is 9.78 Å². The van der Waals surface area contributed by atoms with Crippen LogP contribution < -0.4 is 16.4 Å². The van der Waals surface area contributed by atoms with Gasteiger partial charge in [-0.05, 0) is 49.1 Å². The molecule has 11 heteroatoms. The summed E-state index contributed by atoms with van der Waals surface area (Å²) in [4.78, 5) is 32.5. The van der Waals surface area contributed by atoms with Crippen LogP contribution in [0.2, 0.25) is 0 Å². The van der Waals surface area contributed by atoms with Gasteiger partial charge >= 0.3 is 0 Å². The minimum Gasteiger partial charge on any atom is -0.382 e. The molecule has 0 bridgehead atoms. The molecule has 1 fully saturated rings. The highest BCUT2D eigenvalue weighted by atomic mass is 19.2. The normalized spacial score (nSPS) is 18.6. The van der Waals surface area contributed by atoms with Crippen LogP contribution in [0.5, 0.6) is 0 Å². The van der Waals surface area contributed by atoms with E-state index in [4.69, 9.17) is 11.5 Å². The zero-order valence-electron chi connectivity index (χ0n) is 21.4. The number of benzene rings is 1. The molecule has 38 heavy (non-hydrogen) atoms. The highest BCUT2D eigenvalue weighted by Crippen LogP contribution is 2.33. The van der Waals surface area contributed by atoms with E-state index >= 15 is 0 Å². The second-order valence-electron chi connectivity index (χ2n) is 9.99. The molecule has 0 radical (unpaired) electrons. The number of fused-ring (bicyclic) bond motifs is 1. The average Bonchev–Trinajstić information content (AvgIpc) is 3.33. The molecule has 4 aromatic rings. The van der Waals surface area contributed by atoms with Gasteiger partial charge in [0.05, 0.1) is 36.0 Å². The summed E-state index contributed by atoms with van der Waals surface area (Å²) in [5.74, 6) is -1.67. The fraction of sp³-hybridized carbons (Fsp3) is 0.370. The maximum Gasteiger partial charge on any atom is 0.165 e. The molecular weight excluding hydrogens is 490 g/mol. The van der Waals surface area contributed by atoms with E-state index in [1.54, 1.807) is 12.5 Å². The molecule has 1 saturated heterocycles. The van der Waals surface area contributed by atoms with Crippen LogP contribution >= 0.6 is 0 Å². The van der Waals surface area contributed by atoms with Gasteiger partial charge in [-0.25, -0.2) is 23.7 Å². The Hall–Kier alpha value is -3.99. The molecule has 0 saturated carbocycles. The monoisotopic (exact) mass is 520 g/mol. The molecule has 0 spiro atoms. The lowest BCUT2D eigenvalue weighted by molar-refractivity contribution is -0.128. The van der Waals surface area contributed by atoms with E-state index in [-0.39, 0.29) is 17.5 Å². The van der Waals surface area contributed by atoms with Crippen molar-refractivity contribution < 1.29 is 13.6 Å². The molecule has 4 heterocycles. The van der Waals surface area contributed by atoms with Gasteiger partial charge in [0.25, 0.3) is 0 Å². The maximum absolute atomic E-state index is 14.0. The van der Waals surface area contributed by atoms with Crippen molar-refractivity contribution in [2.45, 2.75) is 45.2 Å². The Kier molecular flexibility index (Phi) is 6.78. The average molecular weight is 521 g/mol. The van der Waals surface area contributed by atoms with Gasteiger partial charge in [-0.2, -0.15) is 0 Å². The van der Waals surface area contributed by atoms with Crippen molar-refractivity contribution in [1.29, 1.82) is 0 Å². The van der Waals surface area contributed by atoms with E-state index in [1.807, 2.05) is 24.5 Å². The number of ketones is 1. The number of halogens is 2.